The van der Waals surface area contributed by atoms with Crippen LogP contribution in [-0.4, -0.2) is 23.4 Å². The van der Waals surface area contributed by atoms with Gasteiger partial charge >= 0.3 is 0 Å². The van der Waals surface area contributed by atoms with Crippen molar-refractivity contribution in [2.75, 3.05) is 18.1 Å². The van der Waals surface area contributed by atoms with Gasteiger partial charge in [-0.2, -0.15) is 4.57 Å². The summed E-state index contributed by atoms with van der Waals surface area (Å²) in [6.45, 7) is 1.05. The van der Waals surface area contributed by atoms with Crippen molar-refractivity contribution in [1.29, 1.82) is 0 Å². The fourth-order valence-electron chi connectivity index (χ4n) is 4.55. The smallest absolute Gasteiger partial charge is 0.219 e. The van der Waals surface area contributed by atoms with E-state index in [1.54, 1.807) is 11.8 Å². The molecule has 0 fully saturated rings. The molecule has 3 aromatic carbocycles. The number of aromatic nitrogens is 1. The van der Waals surface area contributed by atoms with Gasteiger partial charge in [-0.3, -0.25) is 0 Å². The molecule has 0 atom stereocenters. The van der Waals surface area contributed by atoms with Crippen LogP contribution in [0.2, 0.25) is 0 Å². The summed E-state index contributed by atoms with van der Waals surface area (Å²) in [6, 6.07) is 29.0. The number of rotatable bonds is 8. The van der Waals surface area contributed by atoms with Crippen molar-refractivity contribution in [2.45, 2.75) is 24.3 Å². The van der Waals surface area contributed by atoms with Crippen LogP contribution in [0.15, 0.2) is 107 Å². The Morgan fingerprint density at radius 3 is 2.46 bits per heavy atom. The molecule has 0 saturated heterocycles. The van der Waals surface area contributed by atoms with Gasteiger partial charge in [0.1, 0.15) is 6.61 Å². The Kier molecular flexibility index (Phi) is 7.28. The maximum absolute atomic E-state index is 10.2. The Balaban J connectivity index is 1.51. The Morgan fingerprint density at radius 2 is 1.63 bits per heavy atom. The molecule has 0 saturated carbocycles. The van der Waals surface area contributed by atoms with E-state index in [9.17, 15) is 10.2 Å². The zero-order valence-corrected chi connectivity index (χ0v) is 20.4. The predicted molar refractivity (Wildman–Crippen MR) is 144 cm³/mol. The van der Waals surface area contributed by atoms with Crippen molar-refractivity contribution in [1.82, 2.24) is 0 Å². The molecule has 35 heavy (non-hydrogen) atoms. The van der Waals surface area contributed by atoms with E-state index in [1.165, 1.54) is 15.6 Å². The molecule has 4 aromatic rings. The van der Waals surface area contributed by atoms with Gasteiger partial charge in [-0.25, -0.2) is 0 Å². The summed E-state index contributed by atoms with van der Waals surface area (Å²) in [5, 5.41) is 21.7. The maximum Gasteiger partial charge on any atom is 0.219 e. The second-order valence-electron chi connectivity index (χ2n) is 8.45. The second kappa shape index (κ2) is 10.9. The lowest BCUT2D eigenvalue weighted by Gasteiger charge is -2.20. The molecule has 4 nitrogen and oxygen atoms in total. The molecule has 0 aliphatic carbocycles. The maximum atomic E-state index is 10.2. The van der Waals surface area contributed by atoms with Gasteiger partial charge in [0.25, 0.3) is 0 Å². The number of aliphatic hydroxyl groups excluding tert-OH is 2. The zero-order valence-electron chi connectivity index (χ0n) is 19.5. The van der Waals surface area contributed by atoms with Gasteiger partial charge in [0, 0.05) is 42.3 Å². The van der Waals surface area contributed by atoms with Gasteiger partial charge in [-0.1, -0.05) is 66.4 Å². The highest BCUT2D eigenvalue weighted by Crippen LogP contribution is 2.45. The lowest BCUT2D eigenvalue weighted by Crippen LogP contribution is -2.37. The standard InChI is InChI=1S/C30H29N2O2S/c33-20-9-8-19-31-28-16-6-7-17-29(28)35-30(31)18-10-11-23-21-25(22-34)32(24-12-2-1-3-13-24)27-15-5-4-14-26(23)27/h1-7,10-18,21,33-34H,8-9,19-20,22H2/q+1. The number of allylic oxidation sites excluding steroid dienone is 2. The van der Waals surface area contributed by atoms with E-state index in [0.29, 0.717) is 0 Å². The van der Waals surface area contributed by atoms with Gasteiger partial charge in [0.2, 0.25) is 16.9 Å². The van der Waals surface area contributed by atoms with Crippen LogP contribution in [0, 0.1) is 0 Å². The number of benzene rings is 3. The molecule has 0 unspecified atom stereocenters. The van der Waals surface area contributed by atoms with E-state index in [0.717, 1.165) is 47.2 Å². The molecule has 0 amide bonds. The normalized spacial score (nSPS) is 14.3. The predicted octanol–water partition coefficient (Wildman–Crippen LogP) is 5.85. The van der Waals surface area contributed by atoms with Crippen LogP contribution in [0.5, 0.6) is 0 Å². The first-order valence-corrected chi connectivity index (χ1v) is 12.8. The van der Waals surface area contributed by atoms with Crippen LogP contribution < -0.4 is 9.47 Å². The Bertz CT molecular complexity index is 1380. The summed E-state index contributed by atoms with van der Waals surface area (Å²) in [7, 11) is 0. The minimum atomic E-state index is -0.0501. The number of aliphatic hydroxyl groups is 2. The number of pyridine rings is 1. The minimum Gasteiger partial charge on any atom is -0.396 e. The van der Waals surface area contributed by atoms with Crippen LogP contribution in [0.3, 0.4) is 0 Å². The summed E-state index contributed by atoms with van der Waals surface area (Å²) in [4.78, 5) is 3.60. The average Bonchev–Trinajstić information content (AvgIpc) is 3.26. The van der Waals surface area contributed by atoms with Crippen molar-refractivity contribution >= 4 is 34.4 Å². The quantitative estimate of drug-likeness (QED) is 0.245. The monoisotopic (exact) mass is 481 g/mol. The molecule has 0 bridgehead atoms. The molecule has 2 N–H and O–H groups in total. The topological polar surface area (TPSA) is 47.6 Å². The first-order chi connectivity index (χ1) is 17.3. The number of anilines is 1. The minimum absolute atomic E-state index is 0.0501. The van der Waals surface area contributed by atoms with Crippen LogP contribution >= 0.6 is 11.8 Å². The van der Waals surface area contributed by atoms with Crippen molar-refractivity contribution in [3.05, 3.63) is 113 Å². The van der Waals surface area contributed by atoms with Gasteiger partial charge < -0.3 is 15.1 Å². The van der Waals surface area contributed by atoms with Crippen molar-refractivity contribution in [2.24, 2.45) is 0 Å². The van der Waals surface area contributed by atoms with Crippen LogP contribution in [0.4, 0.5) is 5.69 Å². The first kappa shape index (κ1) is 23.4. The Labute approximate surface area is 210 Å². The van der Waals surface area contributed by atoms with E-state index in [2.05, 4.69) is 88.4 Å². The van der Waals surface area contributed by atoms with Crippen molar-refractivity contribution < 1.29 is 14.8 Å². The molecule has 5 rings (SSSR count). The van der Waals surface area contributed by atoms with E-state index < -0.39 is 0 Å². The number of hydrogen-bond donors (Lipinski definition) is 2. The SMILES string of the molecule is OCCCCN1/C(=C\C=C\c2cc(CO)[n+](-c3ccccc3)c3ccccc23)Sc2ccccc21. The Hall–Kier alpha value is -3.38. The van der Waals surface area contributed by atoms with E-state index in [1.807, 2.05) is 24.3 Å². The fourth-order valence-corrected chi connectivity index (χ4v) is 5.65. The summed E-state index contributed by atoms with van der Waals surface area (Å²) in [5.41, 5.74) is 5.23. The largest absolute Gasteiger partial charge is 0.396 e. The van der Waals surface area contributed by atoms with Gasteiger partial charge in [0.05, 0.1) is 16.1 Å². The molecule has 2 heterocycles. The molecular formula is C30H29N2O2S+. The molecule has 0 spiro atoms. The third-order valence-electron chi connectivity index (χ3n) is 6.18. The lowest BCUT2D eigenvalue weighted by molar-refractivity contribution is -0.579. The van der Waals surface area contributed by atoms with Gasteiger partial charge in [0.15, 0.2) is 0 Å². The molecule has 1 aliphatic rings. The number of para-hydroxylation sites is 3. The highest BCUT2D eigenvalue weighted by atomic mass is 32.2. The van der Waals surface area contributed by atoms with E-state index >= 15 is 0 Å². The first-order valence-electron chi connectivity index (χ1n) is 12.0. The third-order valence-corrected chi connectivity index (χ3v) is 7.31. The van der Waals surface area contributed by atoms with E-state index in [4.69, 9.17) is 0 Å². The number of thioether (sulfide) groups is 1. The molecule has 5 heteroatoms. The average molecular weight is 482 g/mol. The molecule has 1 aromatic heterocycles. The van der Waals surface area contributed by atoms with Crippen molar-refractivity contribution in [3.63, 3.8) is 0 Å². The molecule has 0 radical (unpaired) electrons. The molecule has 176 valence electrons. The number of fused-ring (bicyclic) bond motifs is 2. The fraction of sp³-hybridized carbons (Fsp3) is 0.167. The summed E-state index contributed by atoms with van der Waals surface area (Å²) < 4.78 is 2.12. The lowest BCUT2D eigenvalue weighted by atomic mass is 10.1. The van der Waals surface area contributed by atoms with Crippen molar-refractivity contribution in [3.8, 4) is 5.69 Å². The van der Waals surface area contributed by atoms with Crippen LogP contribution in [0.25, 0.3) is 22.7 Å². The number of hydrogen-bond acceptors (Lipinski definition) is 4. The zero-order chi connectivity index (χ0) is 24.0. The second-order valence-corrected chi connectivity index (χ2v) is 9.52. The highest BCUT2D eigenvalue weighted by molar-refractivity contribution is 8.03. The molecular weight excluding hydrogens is 452 g/mol. The van der Waals surface area contributed by atoms with Gasteiger partial charge in [-0.15, -0.1) is 0 Å². The molecule has 1 aliphatic heterocycles. The summed E-state index contributed by atoms with van der Waals surface area (Å²) in [5.74, 6) is 0. The third kappa shape index (κ3) is 4.89. The van der Waals surface area contributed by atoms with Crippen LogP contribution in [-0.2, 0) is 6.61 Å². The number of nitrogens with zero attached hydrogens (tertiary/aromatic N) is 2. The van der Waals surface area contributed by atoms with E-state index in [-0.39, 0.29) is 13.2 Å². The summed E-state index contributed by atoms with van der Waals surface area (Å²) >= 11 is 1.78. The Morgan fingerprint density at radius 1 is 0.857 bits per heavy atom. The summed E-state index contributed by atoms with van der Waals surface area (Å²) in [6.07, 6.45) is 8.13. The number of unbranched alkanes of at least 4 members (excludes halogenated alkanes) is 1. The van der Waals surface area contributed by atoms with Crippen LogP contribution in [0.1, 0.15) is 24.1 Å². The highest BCUT2D eigenvalue weighted by Gasteiger charge is 2.24. The van der Waals surface area contributed by atoms with Gasteiger partial charge in [-0.05, 0) is 42.7 Å².